The van der Waals surface area contributed by atoms with Crippen molar-refractivity contribution < 1.29 is 4.79 Å². The Morgan fingerprint density at radius 3 is 2.69 bits per heavy atom. The van der Waals surface area contributed by atoms with Crippen molar-refractivity contribution in [1.82, 2.24) is 24.9 Å². The normalized spacial score (nSPS) is 14.6. The number of carbonyl (C=O) groups is 1. The standard InChI is InChI=1S/C22H19N5O2/c28-20-11-17(14-24-21(29)22(8-9-22)16-6-2-1-3-7-16)25-19-12-18(26-27(19)20)15-5-4-10-23-13-15/h1-7,10-13,26H,8-9,14H2,(H,24,29). The second-order valence-electron chi connectivity index (χ2n) is 7.32. The Hall–Kier alpha value is -3.74. The number of amides is 1. The Labute approximate surface area is 166 Å². The number of benzene rings is 1. The third-order valence-electron chi connectivity index (χ3n) is 5.42. The summed E-state index contributed by atoms with van der Waals surface area (Å²) in [5.41, 5.74) is 3.03. The fourth-order valence-electron chi connectivity index (χ4n) is 3.67. The quantitative estimate of drug-likeness (QED) is 0.552. The zero-order valence-corrected chi connectivity index (χ0v) is 15.6. The first-order chi connectivity index (χ1) is 14.2. The maximum Gasteiger partial charge on any atom is 0.272 e. The number of fused-ring (bicyclic) bond motifs is 1. The summed E-state index contributed by atoms with van der Waals surface area (Å²) in [5, 5.41) is 6.00. The Balaban J connectivity index is 1.37. The summed E-state index contributed by atoms with van der Waals surface area (Å²) < 4.78 is 1.39. The van der Waals surface area contributed by atoms with Crippen LogP contribution in [0.15, 0.2) is 71.8 Å². The second-order valence-corrected chi connectivity index (χ2v) is 7.32. The third-order valence-corrected chi connectivity index (χ3v) is 5.42. The van der Waals surface area contributed by atoms with Crippen LogP contribution in [0.5, 0.6) is 0 Å². The van der Waals surface area contributed by atoms with Gasteiger partial charge in [0.05, 0.1) is 23.3 Å². The van der Waals surface area contributed by atoms with E-state index in [2.05, 4.69) is 20.4 Å². The first kappa shape index (κ1) is 17.4. The van der Waals surface area contributed by atoms with E-state index in [0.29, 0.717) is 11.3 Å². The van der Waals surface area contributed by atoms with Crippen LogP contribution >= 0.6 is 0 Å². The van der Waals surface area contributed by atoms with Crippen molar-refractivity contribution in [3.63, 3.8) is 0 Å². The van der Waals surface area contributed by atoms with Gasteiger partial charge in [0.2, 0.25) is 5.91 Å². The van der Waals surface area contributed by atoms with Crippen LogP contribution in [0, 0.1) is 0 Å². The van der Waals surface area contributed by atoms with Gasteiger partial charge in [0.25, 0.3) is 5.56 Å². The molecule has 3 heterocycles. The Morgan fingerprint density at radius 2 is 1.97 bits per heavy atom. The van der Waals surface area contributed by atoms with E-state index in [1.807, 2.05) is 42.5 Å². The minimum absolute atomic E-state index is 0.0178. The van der Waals surface area contributed by atoms with Gasteiger partial charge in [0, 0.05) is 30.1 Å². The van der Waals surface area contributed by atoms with Gasteiger partial charge in [-0.15, -0.1) is 0 Å². The molecule has 1 fully saturated rings. The van der Waals surface area contributed by atoms with E-state index in [1.54, 1.807) is 18.5 Å². The average molecular weight is 385 g/mol. The van der Waals surface area contributed by atoms with Crippen molar-refractivity contribution in [3.05, 3.63) is 88.6 Å². The smallest absolute Gasteiger partial charge is 0.272 e. The number of nitrogens with zero attached hydrogens (tertiary/aromatic N) is 3. The molecule has 1 aliphatic rings. The predicted molar refractivity (Wildman–Crippen MR) is 108 cm³/mol. The lowest BCUT2D eigenvalue weighted by Gasteiger charge is -2.15. The molecule has 29 heavy (non-hydrogen) atoms. The predicted octanol–water partition coefficient (Wildman–Crippen LogP) is 2.43. The largest absolute Gasteiger partial charge is 0.350 e. The molecule has 7 heteroatoms. The van der Waals surface area contributed by atoms with Gasteiger partial charge in [-0.3, -0.25) is 19.7 Å². The van der Waals surface area contributed by atoms with Gasteiger partial charge in [-0.25, -0.2) is 9.50 Å². The molecule has 2 N–H and O–H groups in total. The van der Waals surface area contributed by atoms with Crippen molar-refractivity contribution in [2.45, 2.75) is 24.8 Å². The van der Waals surface area contributed by atoms with Gasteiger partial charge in [0.15, 0.2) is 5.65 Å². The van der Waals surface area contributed by atoms with Crippen LogP contribution in [0.25, 0.3) is 16.9 Å². The van der Waals surface area contributed by atoms with Crippen molar-refractivity contribution in [1.29, 1.82) is 0 Å². The maximum absolute atomic E-state index is 12.8. The van der Waals surface area contributed by atoms with E-state index in [-0.39, 0.29) is 18.0 Å². The van der Waals surface area contributed by atoms with Crippen LogP contribution in [-0.4, -0.2) is 25.5 Å². The molecule has 0 unspecified atom stereocenters. The first-order valence-electron chi connectivity index (χ1n) is 9.52. The molecule has 3 aromatic heterocycles. The fraction of sp³-hybridized carbons (Fsp3) is 0.182. The molecule has 0 atom stereocenters. The van der Waals surface area contributed by atoms with Crippen molar-refractivity contribution in [3.8, 4) is 11.3 Å². The van der Waals surface area contributed by atoms with E-state index >= 15 is 0 Å². The zero-order chi connectivity index (χ0) is 19.8. The molecule has 1 saturated carbocycles. The number of hydrogen-bond acceptors (Lipinski definition) is 4. The second kappa shape index (κ2) is 6.70. The SMILES string of the molecule is O=C(NCc1cc(=O)n2[nH]c(-c3cccnc3)cc2n1)C1(c2ccccc2)CC1. The molecule has 1 aliphatic carbocycles. The topological polar surface area (TPSA) is 92.2 Å². The van der Waals surface area contributed by atoms with Crippen molar-refractivity contribution in [2.24, 2.45) is 0 Å². The summed E-state index contributed by atoms with van der Waals surface area (Å²) in [6, 6.07) is 16.8. The minimum Gasteiger partial charge on any atom is -0.350 e. The highest BCUT2D eigenvalue weighted by atomic mass is 16.2. The fourth-order valence-corrected chi connectivity index (χ4v) is 3.67. The van der Waals surface area contributed by atoms with Crippen LogP contribution in [-0.2, 0) is 16.8 Å². The van der Waals surface area contributed by atoms with Crippen molar-refractivity contribution in [2.75, 3.05) is 0 Å². The maximum atomic E-state index is 12.8. The summed E-state index contributed by atoms with van der Waals surface area (Å²) >= 11 is 0. The number of aromatic nitrogens is 4. The number of pyridine rings is 1. The number of rotatable bonds is 5. The number of hydrogen-bond donors (Lipinski definition) is 2. The monoisotopic (exact) mass is 385 g/mol. The molecular formula is C22H19N5O2. The van der Waals surface area contributed by atoms with E-state index in [9.17, 15) is 9.59 Å². The molecule has 0 radical (unpaired) electrons. The summed E-state index contributed by atoms with van der Waals surface area (Å²) in [4.78, 5) is 33.9. The molecule has 0 bridgehead atoms. The Bertz CT molecular complexity index is 1240. The molecule has 4 aromatic rings. The zero-order valence-electron chi connectivity index (χ0n) is 15.6. The molecule has 144 valence electrons. The van der Waals surface area contributed by atoms with Crippen LogP contribution in [0.2, 0.25) is 0 Å². The molecule has 0 saturated heterocycles. The van der Waals surface area contributed by atoms with Gasteiger partial charge >= 0.3 is 0 Å². The van der Waals surface area contributed by atoms with Gasteiger partial charge in [0.1, 0.15) is 0 Å². The van der Waals surface area contributed by atoms with Crippen LogP contribution < -0.4 is 10.9 Å². The average Bonchev–Trinajstić information content (AvgIpc) is 3.46. The van der Waals surface area contributed by atoms with Crippen LogP contribution in [0.1, 0.15) is 24.1 Å². The molecule has 5 rings (SSSR count). The van der Waals surface area contributed by atoms with E-state index in [0.717, 1.165) is 29.7 Å². The summed E-state index contributed by atoms with van der Waals surface area (Å²) in [6.45, 7) is 0.215. The van der Waals surface area contributed by atoms with Crippen LogP contribution in [0.3, 0.4) is 0 Å². The van der Waals surface area contributed by atoms with Gasteiger partial charge in [-0.05, 0) is 30.5 Å². The number of aromatic amines is 1. The van der Waals surface area contributed by atoms with E-state index in [4.69, 9.17) is 0 Å². The van der Waals surface area contributed by atoms with Gasteiger partial charge in [-0.1, -0.05) is 30.3 Å². The third kappa shape index (κ3) is 3.10. The molecular weight excluding hydrogens is 366 g/mol. The van der Waals surface area contributed by atoms with E-state index in [1.165, 1.54) is 10.6 Å². The Morgan fingerprint density at radius 1 is 1.14 bits per heavy atom. The highest BCUT2D eigenvalue weighted by Crippen LogP contribution is 2.48. The Kier molecular flexibility index (Phi) is 4.01. The summed E-state index contributed by atoms with van der Waals surface area (Å²) in [5.74, 6) is -0.0178. The lowest BCUT2D eigenvalue weighted by atomic mass is 9.95. The molecule has 7 nitrogen and oxygen atoms in total. The lowest BCUT2D eigenvalue weighted by molar-refractivity contribution is -0.123. The summed E-state index contributed by atoms with van der Waals surface area (Å²) in [7, 11) is 0. The summed E-state index contributed by atoms with van der Waals surface area (Å²) in [6.07, 6.45) is 5.09. The number of nitrogens with one attached hydrogen (secondary N) is 2. The highest BCUT2D eigenvalue weighted by Gasteiger charge is 2.50. The molecule has 1 amide bonds. The molecule has 1 aromatic carbocycles. The van der Waals surface area contributed by atoms with Gasteiger partial charge < -0.3 is 5.32 Å². The molecule has 0 spiro atoms. The number of H-pyrrole nitrogens is 1. The van der Waals surface area contributed by atoms with E-state index < -0.39 is 5.41 Å². The van der Waals surface area contributed by atoms with Crippen LogP contribution in [0.4, 0.5) is 0 Å². The lowest BCUT2D eigenvalue weighted by Crippen LogP contribution is -2.34. The number of carbonyl (C=O) groups excluding carboxylic acids is 1. The first-order valence-corrected chi connectivity index (χ1v) is 9.52. The van der Waals surface area contributed by atoms with Gasteiger partial charge in [-0.2, -0.15) is 0 Å². The minimum atomic E-state index is -0.442. The highest BCUT2D eigenvalue weighted by molar-refractivity contribution is 5.91. The molecule has 0 aliphatic heterocycles. The van der Waals surface area contributed by atoms with Crippen molar-refractivity contribution >= 4 is 11.6 Å².